The first-order valence-corrected chi connectivity index (χ1v) is 9.53. The second kappa shape index (κ2) is 15.9. The Bertz CT molecular complexity index is 528. The van der Waals surface area contributed by atoms with Gasteiger partial charge in [-0.25, -0.2) is 4.39 Å². The molecule has 0 spiro atoms. The number of hydrogen-bond donors (Lipinski definition) is 2. The standard InChI is InChI=1S/C20H35FN4O.HI/c1-17(26-19-13-9-8-12-18(19)21)16-24-20(22-2)23-14-10-6-5-7-11-15-25(3)4;/h8-9,12-13,17H,5-7,10-11,14-16H2,1-4H3,(H2,22,23,24);1H. The molecule has 5 nitrogen and oxygen atoms in total. The lowest BCUT2D eigenvalue weighted by molar-refractivity contribution is 0.214. The molecule has 0 heterocycles. The van der Waals surface area contributed by atoms with Gasteiger partial charge in [-0.2, -0.15) is 0 Å². The maximum absolute atomic E-state index is 13.6. The van der Waals surface area contributed by atoms with Gasteiger partial charge in [0, 0.05) is 13.6 Å². The largest absolute Gasteiger partial charge is 0.486 e. The normalized spacial score (nSPS) is 12.4. The van der Waals surface area contributed by atoms with Crippen molar-refractivity contribution < 1.29 is 9.13 Å². The lowest BCUT2D eigenvalue weighted by atomic mass is 10.1. The van der Waals surface area contributed by atoms with E-state index < -0.39 is 0 Å². The Morgan fingerprint density at radius 2 is 1.78 bits per heavy atom. The van der Waals surface area contributed by atoms with Crippen LogP contribution in [0.5, 0.6) is 5.75 Å². The summed E-state index contributed by atoms with van der Waals surface area (Å²) in [6.07, 6.45) is 6.02. The summed E-state index contributed by atoms with van der Waals surface area (Å²) in [5.41, 5.74) is 0. The van der Waals surface area contributed by atoms with Crippen LogP contribution in [0.2, 0.25) is 0 Å². The van der Waals surface area contributed by atoms with Crippen molar-refractivity contribution in [1.29, 1.82) is 0 Å². The first-order chi connectivity index (χ1) is 12.5. The summed E-state index contributed by atoms with van der Waals surface area (Å²) < 4.78 is 19.2. The number of unbranched alkanes of at least 4 members (excludes halogenated alkanes) is 4. The number of ether oxygens (including phenoxy) is 1. The Labute approximate surface area is 181 Å². The van der Waals surface area contributed by atoms with Crippen LogP contribution in [0.3, 0.4) is 0 Å². The van der Waals surface area contributed by atoms with E-state index in [-0.39, 0.29) is 41.6 Å². The molecule has 0 aromatic heterocycles. The van der Waals surface area contributed by atoms with Crippen LogP contribution in [0.1, 0.15) is 39.0 Å². The van der Waals surface area contributed by atoms with E-state index in [1.165, 1.54) is 38.3 Å². The van der Waals surface area contributed by atoms with Gasteiger partial charge >= 0.3 is 0 Å². The van der Waals surface area contributed by atoms with Gasteiger partial charge in [0.2, 0.25) is 0 Å². The van der Waals surface area contributed by atoms with E-state index in [0.717, 1.165) is 18.9 Å². The molecule has 156 valence electrons. The Kier molecular flexibility index (Phi) is 15.3. The number of nitrogens with zero attached hydrogens (tertiary/aromatic N) is 2. The van der Waals surface area contributed by atoms with E-state index >= 15 is 0 Å². The van der Waals surface area contributed by atoms with Gasteiger partial charge in [0.15, 0.2) is 17.5 Å². The number of hydrogen-bond acceptors (Lipinski definition) is 3. The quantitative estimate of drug-likeness (QED) is 0.200. The average molecular weight is 494 g/mol. The van der Waals surface area contributed by atoms with Crippen LogP contribution < -0.4 is 15.4 Å². The molecule has 1 aromatic carbocycles. The predicted molar refractivity (Wildman–Crippen MR) is 123 cm³/mol. The van der Waals surface area contributed by atoms with E-state index in [0.29, 0.717) is 6.54 Å². The van der Waals surface area contributed by atoms with Crippen LogP contribution in [0.25, 0.3) is 0 Å². The molecule has 0 aliphatic rings. The number of aliphatic imine (C=N–C) groups is 1. The minimum absolute atomic E-state index is 0. The van der Waals surface area contributed by atoms with Crippen molar-refractivity contribution in [3.63, 3.8) is 0 Å². The summed E-state index contributed by atoms with van der Waals surface area (Å²) in [6.45, 7) is 4.52. The lowest BCUT2D eigenvalue weighted by Crippen LogP contribution is -2.42. The number of guanidine groups is 1. The molecule has 1 unspecified atom stereocenters. The molecule has 7 heteroatoms. The van der Waals surface area contributed by atoms with E-state index in [1.807, 2.05) is 6.92 Å². The van der Waals surface area contributed by atoms with Crippen LogP contribution in [-0.2, 0) is 0 Å². The summed E-state index contributed by atoms with van der Waals surface area (Å²) in [5, 5.41) is 6.53. The maximum Gasteiger partial charge on any atom is 0.191 e. The van der Waals surface area contributed by atoms with Crippen molar-refractivity contribution >= 4 is 29.9 Å². The van der Waals surface area contributed by atoms with E-state index in [1.54, 1.807) is 25.2 Å². The summed E-state index contributed by atoms with van der Waals surface area (Å²) in [6, 6.07) is 6.45. The molecule has 0 amide bonds. The van der Waals surface area contributed by atoms with Crippen LogP contribution in [0.15, 0.2) is 29.3 Å². The SMILES string of the molecule is CN=C(NCCCCCCCN(C)C)NCC(C)Oc1ccccc1F.I. The number of halogens is 2. The third kappa shape index (κ3) is 12.8. The van der Waals surface area contributed by atoms with Crippen molar-refractivity contribution in [2.24, 2.45) is 4.99 Å². The van der Waals surface area contributed by atoms with Gasteiger partial charge in [0.1, 0.15) is 6.10 Å². The molecule has 0 fully saturated rings. The van der Waals surface area contributed by atoms with Crippen molar-refractivity contribution in [2.45, 2.75) is 45.1 Å². The third-order valence-corrected chi connectivity index (χ3v) is 4.02. The Hall–Kier alpha value is -1.09. The highest BCUT2D eigenvalue weighted by Crippen LogP contribution is 2.16. The molecular formula is C20H36FIN4O. The zero-order valence-corrected chi connectivity index (χ0v) is 19.5. The predicted octanol–water partition coefficient (Wildman–Crippen LogP) is 3.89. The molecule has 0 aliphatic heterocycles. The van der Waals surface area contributed by atoms with Gasteiger partial charge in [-0.15, -0.1) is 24.0 Å². The fourth-order valence-electron chi connectivity index (χ4n) is 2.55. The number of rotatable bonds is 12. The molecule has 1 rings (SSSR count). The van der Waals surface area contributed by atoms with Crippen molar-refractivity contribution in [2.75, 3.05) is 40.8 Å². The third-order valence-electron chi connectivity index (χ3n) is 4.02. The monoisotopic (exact) mass is 494 g/mol. The fourth-order valence-corrected chi connectivity index (χ4v) is 2.55. The summed E-state index contributed by atoms with van der Waals surface area (Å²) in [7, 11) is 5.98. The second-order valence-corrected chi connectivity index (χ2v) is 6.81. The van der Waals surface area contributed by atoms with Gasteiger partial charge in [0.05, 0.1) is 6.54 Å². The average Bonchev–Trinajstić information content (AvgIpc) is 2.61. The van der Waals surface area contributed by atoms with E-state index in [4.69, 9.17) is 4.74 Å². The van der Waals surface area contributed by atoms with Crippen LogP contribution >= 0.6 is 24.0 Å². The van der Waals surface area contributed by atoms with Crippen LogP contribution in [-0.4, -0.2) is 57.7 Å². The maximum atomic E-state index is 13.6. The number of benzene rings is 1. The molecule has 2 N–H and O–H groups in total. The first-order valence-electron chi connectivity index (χ1n) is 9.53. The zero-order chi connectivity index (χ0) is 19.2. The smallest absolute Gasteiger partial charge is 0.191 e. The minimum atomic E-state index is -0.340. The molecule has 0 aliphatic carbocycles. The van der Waals surface area contributed by atoms with Crippen molar-refractivity contribution in [1.82, 2.24) is 15.5 Å². The molecule has 0 bridgehead atoms. The van der Waals surface area contributed by atoms with Gasteiger partial charge < -0.3 is 20.3 Å². The highest BCUT2D eigenvalue weighted by atomic mass is 127. The minimum Gasteiger partial charge on any atom is -0.486 e. The summed E-state index contributed by atoms with van der Waals surface area (Å²) >= 11 is 0. The Morgan fingerprint density at radius 3 is 2.44 bits per heavy atom. The highest BCUT2D eigenvalue weighted by Gasteiger charge is 2.08. The summed E-state index contributed by atoms with van der Waals surface area (Å²) in [5.74, 6) is 0.688. The molecule has 1 atom stereocenters. The number of nitrogens with one attached hydrogen (secondary N) is 2. The fraction of sp³-hybridized carbons (Fsp3) is 0.650. The molecule has 0 saturated carbocycles. The second-order valence-electron chi connectivity index (χ2n) is 6.81. The molecule has 0 saturated heterocycles. The van der Waals surface area contributed by atoms with Gasteiger partial charge in [0.25, 0.3) is 0 Å². The zero-order valence-electron chi connectivity index (χ0n) is 17.1. The van der Waals surface area contributed by atoms with Crippen molar-refractivity contribution in [3.8, 4) is 5.75 Å². The van der Waals surface area contributed by atoms with Gasteiger partial charge in [-0.1, -0.05) is 31.4 Å². The molecule has 0 radical (unpaired) electrons. The Morgan fingerprint density at radius 1 is 1.11 bits per heavy atom. The topological polar surface area (TPSA) is 48.9 Å². The summed E-state index contributed by atoms with van der Waals surface area (Å²) in [4.78, 5) is 6.44. The van der Waals surface area contributed by atoms with Crippen LogP contribution in [0, 0.1) is 5.82 Å². The van der Waals surface area contributed by atoms with E-state index in [9.17, 15) is 4.39 Å². The molecular weight excluding hydrogens is 458 g/mol. The van der Waals surface area contributed by atoms with Crippen molar-refractivity contribution in [3.05, 3.63) is 30.1 Å². The molecule has 27 heavy (non-hydrogen) atoms. The van der Waals surface area contributed by atoms with Gasteiger partial charge in [-0.05, 0) is 52.5 Å². The van der Waals surface area contributed by atoms with E-state index in [2.05, 4.69) is 34.6 Å². The first kappa shape index (κ1) is 25.9. The highest BCUT2D eigenvalue weighted by molar-refractivity contribution is 14.0. The van der Waals surface area contributed by atoms with Gasteiger partial charge in [-0.3, -0.25) is 4.99 Å². The van der Waals surface area contributed by atoms with Crippen LogP contribution in [0.4, 0.5) is 4.39 Å². The number of para-hydroxylation sites is 1. The molecule has 1 aromatic rings. The lowest BCUT2D eigenvalue weighted by Gasteiger charge is -2.18. The Balaban J connectivity index is 0.00000676.